The van der Waals surface area contributed by atoms with Crippen LogP contribution >= 0.6 is 11.3 Å². The van der Waals surface area contributed by atoms with Crippen molar-refractivity contribution in [2.45, 2.75) is 6.92 Å². The van der Waals surface area contributed by atoms with Gasteiger partial charge in [-0.15, -0.1) is 11.3 Å². The van der Waals surface area contributed by atoms with Crippen LogP contribution in [-0.4, -0.2) is 50.3 Å². The lowest BCUT2D eigenvalue weighted by molar-refractivity contribution is 0.355. The van der Waals surface area contributed by atoms with Crippen LogP contribution < -0.4 is 23.7 Å². The second kappa shape index (κ2) is 11.1. The molecule has 0 atom stereocenters. The summed E-state index contributed by atoms with van der Waals surface area (Å²) in [6, 6.07) is 19.5. The Morgan fingerprint density at radius 2 is 1.21 bits per heavy atom. The molecule has 0 aliphatic heterocycles. The van der Waals surface area contributed by atoms with Gasteiger partial charge in [-0.3, -0.25) is 0 Å². The zero-order valence-electron chi connectivity index (χ0n) is 22.6. The van der Waals surface area contributed by atoms with Crippen molar-refractivity contribution in [3.8, 4) is 67.7 Å². The Balaban J connectivity index is 1.68. The van der Waals surface area contributed by atoms with Gasteiger partial charge in [-0.2, -0.15) is 5.10 Å². The molecule has 0 unspecified atom stereocenters. The van der Waals surface area contributed by atoms with Crippen molar-refractivity contribution in [3.05, 3.63) is 71.6 Å². The number of aromatic nitrogens is 3. The van der Waals surface area contributed by atoms with Crippen LogP contribution in [0.15, 0.2) is 66.0 Å². The van der Waals surface area contributed by atoms with Crippen LogP contribution in [-0.2, 0) is 0 Å². The van der Waals surface area contributed by atoms with Crippen molar-refractivity contribution in [1.29, 1.82) is 0 Å². The van der Waals surface area contributed by atoms with Crippen LogP contribution in [0.5, 0.6) is 28.7 Å². The van der Waals surface area contributed by atoms with E-state index in [0.29, 0.717) is 23.0 Å². The smallest absolute Gasteiger partial charge is 0.211 e. The molecule has 0 spiro atoms. The van der Waals surface area contributed by atoms with Crippen LogP contribution in [0.2, 0.25) is 0 Å². The minimum absolute atomic E-state index is 0.632. The lowest BCUT2D eigenvalue weighted by Crippen LogP contribution is -2.00. The fourth-order valence-electron chi connectivity index (χ4n) is 4.47. The normalized spacial score (nSPS) is 10.8. The first kappa shape index (κ1) is 26.1. The van der Waals surface area contributed by atoms with Gasteiger partial charge in [0.2, 0.25) is 5.13 Å². The Kier molecular flexibility index (Phi) is 7.42. The Morgan fingerprint density at radius 3 is 1.79 bits per heavy atom. The molecule has 0 amide bonds. The summed E-state index contributed by atoms with van der Waals surface area (Å²) >= 11 is 1.52. The molecule has 5 aromatic rings. The van der Waals surface area contributed by atoms with E-state index in [9.17, 15) is 0 Å². The molecule has 0 fully saturated rings. The molecule has 0 aliphatic rings. The molecule has 2 aromatic heterocycles. The Morgan fingerprint density at radius 1 is 0.641 bits per heavy atom. The Hall–Kier alpha value is -4.50. The first-order valence-corrected chi connectivity index (χ1v) is 13.0. The summed E-state index contributed by atoms with van der Waals surface area (Å²) < 4.78 is 29.3. The monoisotopic (exact) mass is 543 g/mol. The van der Waals surface area contributed by atoms with E-state index in [1.54, 1.807) is 35.5 Å². The fraction of sp³-hybridized carbons (Fsp3) is 0.200. The number of methoxy groups -OCH3 is 5. The molecular formula is C30H29N3O5S. The van der Waals surface area contributed by atoms with Crippen LogP contribution in [0.1, 0.15) is 5.56 Å². The second-order valence-electron chi connectivity index (χ2n) is 8.62. The van der Waals surface area contributed by atoms with Gasteiger partial charge < -0.3 is 23.7 Å². The van der Waals surface area contributed by atoms with Gasteiger partial charge in [0.15, 0.2) is 23.0 Å². The summed E-state index contributed by atoms with van der Waals surface area (Å²) in [5.74, 6) is 3.37. The van der Waals surface area contributed by atoms with Gasteiger partial charge in [0.05, 0.1) is 52.6 Å². The number of nitrogens with zero attached hydrogens (tertiary/aromatic N) is 3. The van der Waals surface area contributed by atoms with E-state index in [1.165, 1.54) is 11.3 Å². The summed E-state index contributed by atoms with van der Waals surface area (Å²) in [5, 5.41) is 7.83. The van der Waals surface area contributed by atoms with Gasteiger partial charge in [0, 0.05) is 27.6 Å². The highest BCUT2D eigenvalue weighted by Crippen LogP contribution is 2.40. The molecule has 0 radical (unpaired) electrons. The van der Waals surface area contributed by atoms with Crippen molar-refractivity contribution in [1.82, 2.24) is 14.8 Å². The van der Waals surface area contributed by atoms with Crippen LogP contribution in [0.4, 0.5) is 0 Å². The van der Waals surface area contributed by atoms with Gasteiger partial charge in [0.1, 0.15) is 5.75 Å². The van der Waals surface area contributed by atoms with Gasteiger partial charge >= 0.3 is 0 Å². The largest absolute Gasteiger partial charge is 0.497 e. The summed E-state index contributed by atoms with van der Waals surface area (Å²) in [6.07, 6.45) is 0. The van der Waals surface area contributed by atoms with E-state index in [2.05, 4.69) is 6.92 Å². The summed E-state index contributed by atoms with van der Waals surface area (Å²) in [6.45, 7) is 2.06. The van der Waals surface area contributed by atoms with E-state index in [0.717, 1.165) is 50.2 Å². The SMILES string of the molecule is COc1ccc(-c2csc(-n3nc(-c4ccc(OC)c(OC)c4)c(C)c3-c3ccc(OC)c(OC)c3)n2)cc1. The number of ether oxygens (including phenoxy) is 5. The zero-order chi connectivity index (χ0) is 27.5. The fourth-order valence-corrected chi connectivity index (χ4v) is 5.26. The maximum atomic E-state index is 5.60. The molecule has 39 heavy (non-hydrogen) atoms. The number of benzene rings is 3. The summed E-state index contributed by atoms with van der Waals surface area (Å²) in [4.78, 5) is 4.96. The lowest BCUT2D eigenvalue weighted by Gasteiger charge is -2.11. The number of rotatable bonds is 9. The number of hydrogen-bond acceptors (Lipinski definition) is 8. The number of hydrogen-bond donors (Lipinski definition) is 0. The van der Waals surface area contributed by atoms with E-state index in [1.807, 2.05) is 70.7 Å². The third kappa shape index (κ3) is 4.88. The first-order chi connectivity index (χ1) is 19.0. The van der Waals surface area contributed by atoms with Crippen molar-refractivity contribution in [3.63, 3.8) is 0 Å². The van der Waals surface area contributed by atoms with Crippen molar-refractivity contribution in [2.24, 2.45) is 0 Å². The predicted molar refractivity (Wildman–Crippen MR) is 153 cm³/mol. The van der Waals surface area contributed by atoms with Gasteiger partial charge in [0.25, 0.3) is 0 Å². The topological polar surface area (TPSA) is 76.9 Å². The third-order valence-corrected chi connectivity index (χ3v) is 7.31. The minimum atomic E-state index is 0.632. The second-order valence-corrected chi connectivity index (χ2v) is 9.45. The molecule has 5 rings (SSSR count). The first-order valence-electron chi connectivity index (χ1n) is 12.2. The Bertz CT molecular complexity index is 1610. The van der Waals surface area contributed by atoms with Crippen LogP contribution in [0.3, 0.4) is 0 Å². The quantitative estimate of drug-likeness (QED) is 0.205. The molecule has 0 N–H and O–H groups in total. The van der Waals surface area contributed by atoms with E-state index in [4.69, 9.17) is 33.8 Å². The van der Waals surface area contributed by atoms with Gasteiger partial charge in [-0.05, 0) is 67.6 Å². The van der Waals surface area contributed by atoms with Crippen molar-refractivity contribution in [2.75, 3.05) is 35.5 Å². The van der Waals surface area contributed by atoms with Crippen molar-refractivity contribution < 1.29 is 23.7 Å². The average Bonchev–Trinajstić information content (AvgIpc) is 3.61. The molecule has 8 nitrogen and oxygen atoms in total. The summed E-state index contributed by atoms with van der Waals surface area (Å²) in [7, 11) is 8.15. The molecule has 0 saturated carbocycles. The number of thiazole rings is 1. The minimum Gasteiger partial charge on any atom is -0.497 e. The van der Waals surface area contributed by atoms with Gasteiger partial charge in [-0.1, -0.05) is 0 Å². The highest BCUT2D eigenvalue weighted by molar-refractivity contribution is 7.12. The predicted octanol–water partition coefficient (Wildman–Crippen LogP) is 6.68. The van der Waals surface area contributed by atoms with Crippen molar-refractivity contribution >= 4 is 11.3 Å². The van der Waals surface area contributed by atoms with E-state index in [-0.39, 0.29) is 0 Å². The average molecular weight is 544 g/mol. The highest BCUT2D eigenvalue weighted by Gasteiger charge is 2.23. The molecule has 9 heteroatoms. The lowest BCUT2D eigenvalue weighted by atomic mass is 10.0. The summed E-state index contributed by atoms with van der Waals surface area (Å²) in [5.41, 5.74) is 6.36. The molecule has 2 heterocycles. The molecular weight excluding hydrogens is 514 g/mol. The third-order valence-electron chi connectivity index (χ3n) is 6.50. The molecule has 0 aliphatic carbocycles. The van der Waals surface area contributed by atoms with Gasteiger partial charge in [-0.25, -0.2) is 9.67 Å². The molecule has 200 valence electrons. The van der Waals surface area contributed by atoms with E-state index < -0.39 is 0 Å². The Labute approximate surface area is 231 Å². The highest BCUT2D eigenvalue weighted by atomic mass is 32.1. The standard InChI is InChI=1S/C30H29N3O5S/c1-18-28(20-9-13-24(35-3)26(15-20)37-5)32-33(29(18)21-10-14-25(36-4)27(16-21)38-6)30-31-23(17-39-30)19-7-11-22(34-2)12-8-19/h7-17H,1-6H3. The molecule has 3 aromatic carbocycles. The maximum absolute atomic E-state index is 5.60. The zero-order valence-corrected chi connectivity index (χ0v) is 23.5. The molecule has 0 saturated heterocycles. The maximum Gasteiger partial charge on any atom is 0.211 e. The van der Waals surface area contributed by atoms with Crippen LogP contribution in [0, 0.1) is 6.92 Å². The van der Waals surface area contributed by atoms with Crippen LogP contribution in [0.25, 0.3) is 38.9 Å². The van der Waals surface area contributed by atoms with E-state index >= 15 is 0 Å². The molecule has 0 bridgehead atoms.